The molecule has 1 aromatic heterocycles. The number of hydrogen-bond donors (Lipinski definition) is 2. The molecule has 0 aromatic carbocycles. The molecular weight excluding hydrogens is 176 g/mol. The van der Waals surface area contributed by atoms with Crippen LogP contribution in [-0.2, 0) is 0 Å². The molecule has 4 heteroatoms. The van der Waals surface area contributed by atoms with Crippen LogP contribution in [0.1, 0.15) is 20.3 Å². The van der Waals surface area contributed by atoms with Crippen molar-refractivity contribution in [2.75, 3.05) is 18.0 Å². The first-order valence-electron chi connectivity index (χ1n) is 5.09. The van der Waals surface area contributed by atoms with Crippen molar-refractivity contribution in [2.45, 2.75) is 26.3 Å². The van der Waals surface area contributed by atoms with Crippen molar-refractivity contribution in [3.8, 4) is 0 Å². The Balaban J connectivity index is 2.11. The van der Waals surface area contributed by atoms with E-state index >= 15 is 0 Å². The molecule has 1 unspecified atom stereocenters. The Kier molecular flexibility index (Phi) is 2.23. The van der Waals surface area contributed by atoms with Crippen LogP contribution in [-0.4, -0.2) is 29.1 Å². The Morgan fingerprint density at radius 1 is 1.64 bits per heavy atom. The number of aromatic nitrogens is 2. The molecule has 1 aliphatic rings. The highest BCUT2D eigenvalue weighted by molar-refractivity contribution is 5.31. The maximum absolute atomic E-state index is 6.07. The van der Waals surface area contributed by atoms with Gasteiger partial charge in [0.15, 0.2) is 0 Å². The quantitative estimate of drug-likeness (QED) is 0.700. The first-order chi connectivity index (χ1) is 6.59. The first kappa shape index (κ1) is 9.52. The number of nitrogens with two attached hydrogens (primary N) is 1. The Labute approximate surface area is 84.5 Å². The molecule has 14 heavy (non-hydrogen) atoms. The molecule has 0 radical (unpaired) electrons. The standard InChI is InChI=1S/C10H18N4/c1-10(2)7-14(6-3-8(10)11)9-12-4-5-13-9/h4-5,8H,3,6-7,11H2,1-2H3,(H,12,13). The smallest absolute Gasteiger partial charge is 0.202 e. The monoisotopic (exact) mass is 194 g/mol. The molecule has 78 valence electrons. The van der Waals surface area contributed by atoms with Gasteiger partial charge in [-0.2, -0.15) is 0 Å². The lowest BCUT2D eigenvalue weighted by atomic mass is 9.80. The van der Waals surface area contributed by atoms with Crippen molar-refractivity contribution >= 4 is 5.95 Å². The van der Waals surface area contributed by atoms with Crippen LogP contribution >= 0.6 is 0 Å². The fourth-order valence-electron chi connectivity index (χ4n) is 1.98. The number of imidazole rings is 1. The van der Waals surface area contributed by atoms with Crippen molar-refractivity contribution in [3.05, 3.63) is 12.4 Å². The first-order valence-corrected chi connectivity index (χ1v) is 5.09. The fraction of sp³-hybridized carbons (Fsp3) is 0.700. The largest absolute Gasteiger partial charge is 0.342 e. The third kappa shape index (κ3) is 1.62. The van der Waals surface area contributed by atoms with Gasteiger partial charge in [0.2, 0.25) is 5.95 Å². The number of nitrogens with zero attached hydrogens (tertiary/aromatic N) is 2. The van der Waals surface area contributed by atoms with Gasteiger partial charge >= 0.3 is 0 Å². The molecule has 2 heterocycles. The maximum atomic E-state index is 6.07. The van der Waals surface area contributed by atoms with E-state index in [1.807, 2.05) is 6.20 Å². The van der Waals surface area contributed by atoms with Crippen molar-refractivity contribution in [3.63, 3.8) is 0 Å². The van der Waals surface area contributed by atoms with Crippen LogP contribution in [0.25, 0.3) is 0 Å². The number of nitrogens with one attached hydrogen (secondary N) is 1. The molecule has 1 fully saturated rings. The van der Waals surface area contributed by atoms with Gasteiger partial charge in [0.25, 0.3) is 0 Å². The summed E-state index contributed by atoms with van der Waals surface area (Å²) in [6.45, 7) is 6.40. The fourth-order valence-corrected chi connectivity index (χ4v) is 1.98. The molecular formula is C10H18N4. The van der Waals surface area contributed by atoms with E-state index in [1.165, 1.54) is 0 Å². The van der Waals surface area contributed by atoms with Crippen molar-refractivity contribution in [2.24, 2.45) is 11.1 Å². The number of hydrogen-bond acceptors (Lipinski definition) is 3. The van der Waals surface area contributed by atoms with E-state index in [2.05, 4.69) is 28.7 Å². The zero-order chi connectivity index (χ0) is 10.2. The summed E-state index contributed by atoms with van der Waals surface area (Å²) in [5, 5.41) is 0. The predicted octanol–water partition coefficient (Wildman–Crippen LogP) is 0.973. The molecule has 0 aliphatic carbocycles. The lowest BCUT2D eigenvalue weighted by Crippen LogP contribution is -2.52. The van der Waals surface area contributed by atoms with Crippen molar-refractivity contribution in [1.29, 1.82) is 0 Å². The number of H-pyrrole nitrogens is 1. The van der Waals surface area contributed by atoms with Crippen molar-refractivity contribution < 1.29 is 0 Å². The average Bonchev–Trinajstić information content (AvgIpc) is 2.62. The van der Waals surface area contributed by atoms with Crippen LogP contribution in [0.15, 0.2) is 12.4 Å². The summed E-state index contributed by atoms with van der Waals surface area (Å²) in [4.78, 5) is 9.66. The van der Waals surface area contributed by atoms with E-state index in [-0.39, 0.29) is 5.41 Å². The van der Waals surface area contributed by atoms with Crippen LogP contribution in [0.4, 0.5) is 5.95 Å². The lowest BCUT2D eigenvalue weighted by molar-refractivity contribution is 0.243. The molecule has 1 saturated heterocycles. The minimum absolute atomic E-state index is 0.172. The molecule has 1 atom stereocenters. The van der Waals surface area contributed by atoms with Gasteiger partial charge in [-0.3, -0.25) is 0 Å². The lowest BCUT2D eigenvalue weighted by Gasteiger charge is -2.42. The number of aromatic amines is 1. The number of anilines is 1. The molecule has 0 amide bonds. The highest BCUT2D eigenvalue weighted by Gasteiger charge is 2.34. The number of piperidine rings is 1. The third-order valence-corrected chi connectivity index (χ3v) is 3.10. The van der Waals surface area contributed by atoms with Gasteiger partial charge in [-0.15, -0.1) is 0 Å². The zero-order valence-corrected chi connectivity index (χ0v) is 8.83. The summed E-state index contributed by atoms with van der Waals surface area (Å²) in [6, 6.07) is 0.300. The summed E-state index contributed by atoms with van der Waals surface area (Å²) < 4.78 is 0. The topological polar surface area (TPSA) is 57.9 Å². The van der Waals surface area contributed by atoms with Crippen LogP contribution in [0.5, 0.6) is 0 Å². The number of rotatable bonds is 1. The molecule has 2 rings (SSSR count). The molecule has 0 spiro atoms. The zero-order valence-electron chi connectivity index (χ0n) is 8.83. The minimum atomic E-state index is 0.172. The highest BCUT2D eigenvalue weighted by atomic mass is 15.3. The van der Waals surface area contributed by atoms with Crippen LogP contribution in [0.3, 0.4) is 0 Å². The molecule has 1 aliphatic heterocycles. The van der Waals surface area contributed by atoms with Gasteiger partial charge in [-0.1, -0.05) is 13.8 Å². The van der Waals surface area contributed by atoms with Gasteiger partial charge < -0.3 is 15.6 Å². The van der Waals surface area contributed by atoms with Crippen LogP contribution < -0.4 is 10.6 Å². The molecule has 1 aromatic rings. The molecule has 0 bridgehead atoms. The minimum Gasteiger partial charge on any atom is -0.342 e. The van der Waals surface area contributed by atoms with Gasteiger partial charge in [0, 0.05) is 31.5 Å². The van der Waals surface area contributed by atoms with Crippen LogP contribution in [0, 0.1) is 5.41 Å². The molecule has 3 N–H and O–H groups in total. The Morgan fingerprint density at radius 2 is 2.43 bits per heavy atom. The second kappa shape index (κ2) is 3.28. The van der Waals surface area contributed by atoms with Gasteiger partial charge in [-0.25, -0.2) is 4.98 Å². The van der Waals surface area contributed by atoms with Gasteiger partial charge in [0.1, 0.15) is 0 Å². The van der Waals surface area contributed by atoms with Gasteiger partial charge in [0.05, 0.1) is 0 Å². The maximum Gasteiger partial charge on any atom is 0.202 e. The van der Waals surface area contributed by atoms with Crippen LogP contribution in [0.2, 0.25) is 0 Å². The van der Waals surface area contributed by atoms with E-state index in [9.17, 15) is 0 Å². The Hall–Kier alpha value is -1.03. The third-order valence-electron chi connectivity index (χ3n) is 3.10. The Bertz CT molecular complexity index is 291. The van der Waals surface area contributed by atoms with Crippen molar-refractivity contribution in [1.82, 2.24) is 9.97 Å². The summed E-state index contributed by atoms with van der Waals surface area (Å²) >= 11 is 0. The van der Waals surface area contributed by atoms with E-state index in [0.29, 0.717) is 6.04 Å². The Morgan fingerprint density at radius 3 is 3.00 bits per heavy atom. The summed E-state index contributed by atoms with van der Waals surface area (Å²) in [5.41, 5.74) is 6.24. The predicted molar refractivity (Wildman–Crippen MR) is 57.2 cm³/mol. The summed E-state index contributed by atoms with van der Waals surface area (Å²) in [5.74, 6) is 0.963. The van der Waals surface area contributed by atoms with Gasteiger partial charge in [-0.05, 0) is 11.8 Å². The van der Waals surface area contributed by atoms with E-state index < -0.39 is 0 Å². The molecule has 4 nitrogen and oxygen atoms in total. The summed E-state index contributed by atoms with van der Waals surface area (Å²) in [7, 11) is 0. The second-order valence-electron chi connectivity index (χ2n) is 4.72. The van der Waals surface area contributed by atoms with E-state index in [0.717, 1.165) is 25.5 Å². The SMILES string of the molecule is CC1(C)CN(c2ncc[nH]2)CCC1N. The second-order valence-corrected chi connectivity index (χ2v) is 4.72. The molecule has 0 saturated carbocycles. The normalized spacial score (nSPS) is 26.5. The average molecular weight is 194 g/mol. The summed E-state index contributed by atoms with van der Waals surface area (Å²) in [6.07, 6.45) is 4.68. The van der Waals surface area contributed by atoms with E-state index in [1.54, 1.807) is 6.20 Å². The van der Waals surface area contributed by atoms with E-state index in [4.69, 9.17) is 5.73 Å². The highest BCUT2D eigenvalue weighted by Crippen LogP contribution is 2.29.